The molecule has 0 saturated carbocycles. The number of ether oxygens (including phenoxy) is 2. The monoisotopic (exact) mass is 564 g/mol. The fourth-order valence-electron chi connectivity index (χ4n) is 5.41. The zero-order valence-electron chi connectivity index (χ0n) is 23.8. The molecule has 216 valence electrons. The molecular formula is C35H36N2O5. The predicted octanol–water partition coefficient (Wildman–Crippen LogP) is 6.14. The van der Waals surface area contributed by atoms with Gasteiger partial charge in [0.25, 0.3) is 5.91 Å². The van der Waals surface area contributed by atoms with Crippen molar-refractivity contribution in [1.29, 1.82) is 0 Å². The van der Waals surface area contributed by atoms with Crippen molar-refractivity contribution in [3.63, 3.8) is 0 Å². The van der Waals surface area contributed by atoms with Gasteiger partial charge in [-0.3, -0.25) is 4.79 Å². The number of carbonyl (C=O) groups is 2. The highest BCUT2D eigenvalue weighted by molar-refractivity contribution is 6.10. The first-order valence-corrected chi connectivity index (χ1v) is 14.3. The van der Waals surface area contributed by atoms with Gasteiger partial charge in [-0.05, 0) is 78.4 Å². The number of anilines is 1. The molecular weight excluding hydrogens is 528 g/mol. The van der Waals surface area contributed by atoms with Gasteiger partial charge in [0.2, 0.25) is 0 Å². The largest absolute Gasteiger partial charge is 0.488 e. The summed E-state index contributed by atoms with van der Waals surface area (Å²) in [5.41, 5.74) is 4.93. The first kappa shape index (κ1) is 29.0. The summed E-state index contributed by atoms with van der Waals surface area (Å²) in [4.78, 5) is 28.9. The standard InChI is InChI=1S/C35H36N2O5/c1-41-35(40)30-14-12-29(26-10-6-3-7-11-26)23-32(30)36-34(39)31-22-28(27-16-18-37(19-17-27)20-21-38)13-15-33(31)42-24-25-8-4-2-5-9-25/h2-15,22-23,27,38H,16-21,24H2,1H3,(H,36,39). The normalized spacial score (nSPS) is 13.9. The van der Waals surface area contributed by atoms with Gasteiger partial charge in [-0.2, -0.15) is 0 Å². The van der Waals surface area contributed by atoms with Gasteiger partial charge >= 0.3 is 5.97 Å². The maximum Gasteiger partial charge on any atom is 0.339 e. The lowest BCUT2D eigenvalue weighted by atomic mass is 9.88. The summed E-state index contributed by atoms with van der Waals surface area (Å²) in [6.45, 7) is 2.94. The van der Waals surface area contributed by atoms with Crippen molar-refractivity contribution < 1.29 is 24.2 Å². The van der Waals surface area contributed by atoms with E-state index >= 15 is 0 Å². The summed E-state index contributed by atoms with van der Waals surface area (Å²) in [5.74, 6) is -0.139. The molecule has 1 heterocycles. The lowest BCUT2D eigenvalue weighted by molar-refractivity contribution is 0.0602. The van der Waals surface area contributed by atoms with Crippen LogP contribution in [0.25, 0.3) is 11.1 Å². The highest BCUT2D eigenvalue weighted by Gasteiger charge is 2.24. The summed E-state index contributed by atoms with van der Waals surface area (Å²) >= 11 is 0. The first-order valence-electron chi connectivity index (χ1n) is 14.3. The molecule has 2 N–H and O–H groups in total. The Hall–Kier alpha value is -4.46. The van der Waals surface area contributed by atoms with Crippen LogP contribution in [0, 0.1) is 0 Å². The number of carbonyl (C=O) groups excluding carboxylic acids is 2. The number of hydrogen-bond donors (Lipinski definition) is 2. The maximum absolute atomic E-state index is 14.0. The number of likely N-dealkylation sites (tertiary alicyclic amines) is 1. The molecule has 1 saturated heterocycles. The molecule has 4 aromatic rings. The molecule has 1 amide bonds. The number of aliphatic hydroxyl groups is 1. The number of methoxy groups -OCH3 is 1. The lowest BCUT2D eigenvalue weighted by Crippen LogP contribution is -2.35. The molecule has 7 nitrogen and oxygen atoms in total. The molecule has 0 aliphatic carbocycles. The Balaban J connectivity index is 1.46. The van der Waals surface area contributed by atoms with E-state index < -0.39 is 5.97 Å². The third-order valence-electron chi connectivity index (χ3n) is 7.74. The van der Waals surface area contributed by atoms with Crippen LogP contribution in [-0.4, -0.2) is 55.2 Å². The van der Waals surface area contributed by atoms with E-state index in [1.165, 1.54) is 7.11 Å². The zero-order valence-corrected chi connectivity index (χ0v) is 23.8. The number of amides is 1. The van der Waals surface area contributed by atoms with Crippen LogP contribution in [0.4, 0.5) is 5.69 Å². The van der Waals surface area contributed by atoms with Crippen molar-refractivity contribution in [2.75, 3.05) is 38.7 Å². The van der Waals surface area contributed by atoms with Gasteiger partial charge in [0.1, 0.15) is 12.4 Å². The predicted molar refractivity (Wildman–Crippen MR) is 164 cm³/mol. The van der Waals surface area contributed by atoms with Crippen LogP contribution in [-0.2, 0) is 11.3 Å². The molecule has 1 fully saturated rings. The van der Waals surface area contributed by atoms with Crippen molar-refractivity contribution in [1.82, 2.24) is 4.90 Å². The Kier molecular flexibility index (Phi) is 9.64. The number of esters is 1. The van der Waals surface area contributed by atoms with Crippen molar-refractivity contribution in [3.8, 4) is 16.9 Å². The van der Waals surface area contributed by atoms with Crippen molar-refractivity contribution in [2.45, 2.75) is 25.4 Å². The summed E-state index contributed by atoms with van der Waals surface area (Å²) in [6, 6.07) is 30.7. The first-order chi connectivity index (χ1) is 20.6. The highest BCUT2D eigenvalue weighted by atomic mass is 16.5. The number of nitrogens with zero attached hydrogens (tertiary/aromatic N) is 1. The van der Waals surface area contributed by atoms with E-state index in [9.17, 15) is 14.7 Å². The topological polar surface area (TPSA) is 88.1 Å². The van der Waals surface area contributed by atoms with Crippen LogP contribution in [0.3, 0.4) is 0 Å². The summed E-state index contributed by atoms with van der Waals surface area (Å²) in [5, 5.41) is 12.3. The smallest absolute Gasteiger partial charge is 0.339 e. The average molecular weight is 565 g/mol. The van der Waals surface area contributed by atoms with Gasteiger partial charge in [-0.1, -0.05) is 72.8 Å². The van der Waals surface area contributed by atoms with Crippen LogP contribution in [0.1, 0.15) is 50.6 Å². The van der Waals surface area contributed by atoms with Crippen molar-refractivity contribution in [2.24, 2.45) is 0 Å². The lowest BCUT2D eigenvalue weighted by Gasteiger charge is -2.32. The van der Waals surface area contributed by atoms with Gasteiger partial charge in [0.05, 0.1) is 30.5 Å². The van der Waals surface area contributed by atoms with E-state index in [2.05, 4.69) is 10.2 Å². The van der Waals surface area contributed by atoms with Gasteiger partial charge < -0.3 is 24.8 Å². The molecule has 0 aromatic heterocycles. The molecule has 4 aromatic carbocycles. The second-order valence-electron chi connectivity index (χ2n) is 10.4. The SMILES string of the molecule is COC(=O)c1ccc(-c2ccccc2)cc1NC(=O)c1cc(C2CCN(CCO)CC2)ccc1OCc1ccccc1. The van der Waals surface area contributed by atoms with Gasteiger partial charge in [-0.25, -0.2) is 4.79 Å². The van der Waals surface area contributed by atoms with E-state index in [0.29, 0.717) is 36.1 Å². The van der Waals surface area contributed by atoms with Crippen molar-refractivity contribution >= 4 is 17.6 Å². The number of β-amino-alcohol motifs (C(OH)–C–C–N with tert-alkyl or cyclic N) is 1. The highest BCUT2D eigenvalue weighted by Crippen LogP contribution is 2.33. The third kappa shape index (κ3) is 7.05. The number of rotatable bonds is 10. The minimum absolute atomic E-state index is 0.154. The fourth-order valence-corrected chi connectivity index (χ4v) is 5.41. The van der Waals surface area contributed by atoms with Gasteiger partial charge in [0.15, 0.2) is 0 Å². The molecule has 1 aliphatic heterocycles. The molecule has 0 unspecified atom stereocenters. The minimum Gasteiger partial charge on any atom is -0.488 e. The maximum atomic E-state index is 14.0. The number of aliphatic hydroxyl groups excluding tert-OH is 1. The van der Waals surface area contributed by atoms with Gasteiger partial charge in [-0.15, -0.1) is 0 Å². The molecule has 0 atom stereocenters. The number of piperidine rings is 1. The summed E-state index contributed by atoms with van der Waals surface area (Å²) in [7, 11) is 1.32. The Morgan fingerprint density at radius 2 is 1.57 bits per heavy atom. The van der Waals surface area contributed by atoms with E-state index in [1.54, 1.807) is 12.1 Å². The molecule has 0 bridgehead atoms. The van der Waals surface area contributed by atoms with E-state index in [4.69, 9.17) is 9.47 Å². The number of hydrogen-bond acceptors (Lipinski definition) is 6. The average Bonchev–Trinajstić information content (AvgIpc) is 3.04. The Morgan fingerprint density at radius 3 is 2.26 bits per heavy atom. The third-order valence-corrected chi connectivity index (χ3v) is 7.74. The number of nitrogens with one attached hydrogen (secondary N) is 1. The Bertz CT molecular complexity index is 1500. The fraction of sp³-hybridized carbons (Fsp3) is 0.257. The van der Waals surface area contributed by atoms with Crippen molar-refractivity contribution in [3.05, 3.63) is 119 Å². The Morgan fingerprint density at radius 1 is 0.857 bits per heavy atom. The molecule has 5 rings (SSSR count). The second kappa shape index (κ2) is 13.9. The van der Waals surface area contributed by atoms with Gasteiger partial charge in [0, 0.05) is 6.54 Å². The van der Waals surface area contributed by atoms with Crippen LogP contribution in [0.2, 0.25) is 0 Å². The molecule has 0 spiro atoms. The molecule has 42 heavy (non-hydrogen) atoms. The minimum atomic E-state index is -0.533. The molecule has 1 aliphatic rings. The van der Waals surface area contributed by atoms with Crippen LogP contribution in [0.15, 0.2) is 97.1 Å². The van der Waals surface area contributed by atoms with Crippen LogP contribution < -0.4 is 10.1 Å². The number of benzene rings is 4. The van der Waals surface area contributed by atoms with Crippen LogP contribution >= 0.6 is 0 Å². The van der Waals surface area contributed by atoms with E-state index in [-0.39, 0.29) is 18.1 Å². The zero-order chi connectivity index (χ0) is 29.3. The van der Waals surface area contributed by atoms with E-state index in [1.807, 2.05) is 84.9 Å². The summed E-state index contributed by atoms with van der Waals surface area (Å²) < 4.78 is 11.2. The molecule has 7 heteroatoms. The Labute approximate surface area is 246 Å². The van der Waals surface area contributed by atoms with E-state index in [0.717, 1.165) is 48.2 Å². The quantitative estimate of drug-likeness (QED) is 0.225. The summed E-state index contributed by atoms with van der Waals surface area (Å²) in [6.07, 6.45) is 1.88. The molecule has 0 radical (unpaired) electrons. The van der Waals surface area contributed by atoms with Crippen LogP contribution in [0.5, 0.6) is 5.75 Å². The second-order valence-corrected chi connectivity index (χ2v) is 10.4.